The maximum Gasteiger partial charge on any atom is 0.252 e. The average molecular weight is 408 g/mol. The smallest absolute Gasteiger partial charge is 0.252 e. The van der Waals surface area contributed by atoms with Gasteiger partial charge in [0.15, 0.2) is 0 Å². The van der Waals surface area contributed by atoms with E-state index < -0.39 is 10.0 Å². The summed E-state index contributed by atoms with van der Waals surface area (Å²) in [5, 5.41) is 0. The number of amides is 1. The predicted octanol–water partition coefficient (Wildman–Crippen LogP) is 1.69. The van der Waals surface area contributed by atoms with Gasteiger partial charge in [0.1, 0.15) is 4.21 Å². The van der Waals surface area contributed by atoms with E-state index in [0.29, 0.717) is 29.8 Å². The Morgan fingerprint density at radius 3 is 2.40 bits per heavy atom. The third-order valence-corrected chi connectivity index (χ3v) is 8.37. The summed E-state index contributed by atoms with van der Waals surface area (Å²) in [6, 6.07) is 3.42. The summed E-state index contributed by atoms with van der Waals surface area (Å²) in [6.07, 6.45) is 4.05. The summed E-state index contributed by atoms with van der Waals surface area (Å²) in [7, 11) is -3.38. The third-order valence-electron chi connectivity index (χ3n) is 4.92. The molecule has 142 valence electrons. The quantitative estimate of drug-likeness (QED) is 0.805. The van der Waals surface area contributed by atoms with E-state index >= 15 is 0 Å². The van der Waals surface area contributed by atoms with E-state index in [0.717, 1.165) is 43.6 Å². The fourth-order valence-corrected chi connectivity index (χ4v) is 6.34. The van der Waals surface area contributed by atoms with E-state index in [1.807, 2.05) is 4.90 Å². The molecule has 2 fully saturated rings. The van der Waals surface area contributed by atoms with Gasteiger partial charge in [0.05, 0.1) is 6.42 Å². The molecule has 0 aliphatic carbocycles. The van der Waals surface area contributed by atoms with Gasteiger partial charge < -0.3 is 10.6 Å². The topological polar surface area (TPSA) is 83.7 Å². The van der Waals surface area contributed by atoms with E-state index in [1.165, 1.54) is 11.3 Å². The van der Waals surface area contributed by atoms with E-state index in [1.54, 1.807) is 16.4 Å². The number of hydrogen-bond donors (Lipinski definition) is 1. The molecule has 0 radical (unpaired) electrons. The van der Waals surface area contributed by atoms with Gasteiger partial charge in [-0.2, -0.15) is 4.31 Å². The second kappa shape index (κ2) is 8.81. The standard InChI is InChI=1S/C16H25N3O3S2.ClH/c17-12-13-5-9-18(10-6-13)15(20)11-14-3-4-16(23-14)24(21,22)19-7-1-2-8-19;/h3-4,13H,1-2,5-12,17H2;1H. The Morgan fingerprint density at radius 1 is 1.16 bits per heavy atom. The summed E-state index contributed by atoms with van der Waals surface area (Å²) in [5.74, 6) is 0.602. The summed E-state index contributed by atoms with van der Waals surface area (Å²) >= 11 is 1.23. The zero-order chi connectivity index (χ0) is 17.2. The van der Waals surface area contributed by atoms with E-state index in [-0.39, 0.29) is 24.7 Å². The molecule has 0 atom stereocenters. The zero-order valence-corrected chi connectivity index (χ0v) is 16.7. The molecule has 1 aromatic heterocycles. The molecule has 2 N–H and O–H groups in total. The van der Waals surface area contributed by atoms with Crippen LogP contribution in [0.2, 0.25) is 0 Å². The van der Waals surface area contributed by atoms with Crippen molar-refractivity contribution in [2.24, 2.45) is 11.7 Å². The maximum atomic E-state index is 12.5. The minimum Gasteiger partial charge on any atom is -0.342 e. The van der Waals surface area contributed by atoms with Gasteiger partial charge in [-0.25, -0.2) is 8.42 Å². The van der Waals surface area contributed by atoms with Gasteiger partial charge in [0.2, 0.25) is 5.91 Å². The van der Waals surface area contributed by atoms with Crippen molar-refractivity contribution in [2.75, 3.05) is 32.7 Å². The second-order valence-corrected chi connectivity index (χ2v) is 9.90. The second-order valence-electron chi connectivity index (χ2n) is 6.57. The summed E-state index contributed by atoms with van der Waals surface area (Å²) in [5.41, 5.74) is 5.68. The Labute approximate surface area is 159 Å². The van der Waals surface area contributed by atoms with Crippen molar-refractivity contribution in [1.29, 1.82) is 0 Å². The van der Waals surface area contributed by atoms with Gasteiger partial charge in [0.25, 0.3) is 10.0 Å². The molecule has 1 aromatic rings. The number of thiophene rings is 1. The fraction of sp³-hybridized carbons (Fsp3) is 0.688. The summed E-state index contributed by atoms with van der Waals surface area (Å²) in [4.78, 5) is 15.1. The van der Waals surface area contributed by atoms with Crippen molar-refractivity contribution >= 4 is 39.7 Å². The summed E-state index contributed by atoms with van der Waals surface area (Å²) < 4.78 is 27.0. The highest BCUT2D eigenvalue weighted by Crippen LogP contribution is 2.28. The van der Waals surface area contributed by atoms with Crippen LogP contribution in [-0.2, 0) is 21.2 Å². The van der Waals surface area contributed by atoms with Crippen LogP contribution in [-0.4, -0.2) is 56.3 Å². The Balaban J connectivity index is 0.00000225. The normalized spacial score (nSPS) is 19.8. The molecule has 2 saturated heterocycles. The molecule has 3 rings (SSSR count). The number of sulfonamides is 1. The van der Waals surface area contributed by atoms with Crippen LogP contribution in [0.5, 0.6) is 0 Å². The number of carbonyl (C=O) groups excluding carboxylic acids is 1. The number of piperidine rings is 1. The van der Waals surface area contributed by atoms with Crippen LogP contribution >= 0.6 is 23.7 Å². The van der Waals surface area contributed by atoms with Gasteiger partial charge in [-0.05, 0) is 50.3 Å². The molecule has 3 heterocycles. The Bertz CT molecular complexity index is 679. The number of nitrogens with zero attached hydrogens (tertiary/aromatic N) is 2. The van der Waals surface area contributed by atoms with Gasteiger partial charge in [-0.1, -0.05) is 0 Å². The van der Waals surface area contributed by atoms with Crippen LogP contribution in [0.3, 0.4) is 0 Å². The van der Waals surface area contributed by atoms with Crippen molar-refractivity contribution < 1.29 is 13.2 Å². The molecule has 1 amide bonds. The fourth-order valence-electron chi connectivity index (χ4n) is 3.33. The van der Waals surface area contributed by atoms with E-state index in [9.17, 15) is 13.2 Å². The average Bonchev–Trinajstić information content (AvgIpc) is 3.27. The van der Waals surface area contributed by atoms with Crippen molar-refractivity contribution in [3.8, 4) is 0 Å². The molecule has 2 aliphatic heterocycles. The Kier molecular flexibility index (Phi) is 7.28. The maximum absolute atomic E-state index is 12.5. The predicted molar refractivity (Wildman–Crippen MR) is 102 cm³/mol. The van der Waals surface area contributed by atoms with Crippen LogP contribution in [0.1, 0.15) is 30.6 Å². The molecule has 0 aromatic carbocycles. The van der Waals surface area contributed by atoms with Crippen molar-refractivity contribution in [1.82, 2.24) is 9.21 Å². The number of likely N-dealkylation sites (tertiary alicyclic amines) is 1. The van der Waals surface area contributed by atoms with Crippen molar-refractivity contribution in [3.63, 3.8) is 0 Å². The molecule has 9 heteroatoms. The minimum absolute atomic E-state index is 0. The molecule has 0 bridgehead atoms. The van der Waals surface area contributed by atoms with Gasteiger partial charge in [0, 0.05) is 31.1 Å². The van der Waals surface area contributed by atoms with Gasteiger partial charge >= 0.3 is 0 Å². The molecule has 2 aliphatic rings. The monoisotopic (exact) mass is 407 g/mol. The lowest BCUT2D eigenvalue weighted by Crippen LogP contribution is -2.40. The lowest BCUT2D eigenvalue weighted by molar-refractivity contribution is -0.131. The molecule has 25 heavy (non-hydrogen) atoms. The van der Waals surface area contributed by atoms with Crippen LogP contribution in [0.25, 0.3) is 0 Å². The van der Waals surface area contributed by atoms with Crippen molar-refractivity contribution in [3.05, 3.63) is 17.0 Å². The lowest BCUT2D eigenvalue weighted by atomic mass is 9.97. The zero-order valence-electron chi connectivity index (χ0n) is 14.2. The number of halogens is 1. The third kappa shape index (κ3) is 4.74. The molecule has 0 unspecified atom stereocenters. The number of carbonyl (C=O) groups is 1. The first-order valence-corrected chi connectivity index (χ1v) is 10.8. The first-order valence-electron chi connectivity index (χ1n) is 8.57. The lowest BCUT2D eigenvalue weighted by Gasteiger charge is -2.31. The highest BCUT2D eigenvalue weighted by atomic mass is 35.5. The van der Waals surface area contributed by atoms with Gasteiger partial charge in [-0.3, -0.25) is 4.79 Å². The van der Waals surface area contributed by atoms with E-state index in [4.69, 9.17) is 5.73 Å². The number of hydrogen-bond acceptors (Lipinski definition) is 5. The summed E-state index contributed by atoms with van der Waals surface area (Å²) in [6.45, 7) is 3.40. The largest absolute Gasteiger partial charge is 0.342 e. The molecule has 6 nitrogen and oxygen atoms in total. The SMILES string of the molecule is Cl.NCC1CCN(C(=O)Cc2ccc(S(=O)(=O)N3CCCC3)s2)CC1. The van der Waals surface area contributed by atoms with E-state index in [2.05, 4.69) is 0 Å². The van der Waals surface area contributed by atoms with Crippen LogP contribution < -0.4 is 5.73 Å². The minimum atomic E-state index is -3.38. The van der Waals surface area contributed by atoms with Crippen molar-refractivity contribution in [2.45, 2.75) is 36.3 Å². The highest BCUT2D eigenvalue weighted by Gasteiger charge is 2.29. The first kappa shape index (κ1) is 20.6. The molecule has 0 spiro atoms. The van der Waals surface area contributed by atoms with Crippen LogP contribution in [0, 0.1) is 5.92 Å². The van der Waals surface area contributed by atoms with Crippen LogP contribution in [0.15, 0.2) is 16.3 Å². The van der Waals surface area contributed by atoms with Gasteiger partial charge in [-0.15, -0.1) is 23.7 Å². The number of nitrogens with two attached hydrogens (primary N) is 1. The number of rotatable bonds is 5. The molecular formula is C16H26ClN3O3S2. The molecular weight excluding hydrogens is 382 g/mol. The van der Waals surface area contributed by atoms with Crippen LogP contribution in [0.4, 0.5) is 0 Å². The Morgan fingerprint density at radius 2 is 1.80 bits per heavy atom. The first-order chi connectivity index (χ1) is 11.5. The highest BCUT2D eigenvalue weighted by molar-refractivity contribution is 7.91. The molecule has 0 saturated carbocycles. The Hall–Kier alpha value is -0.670.